The monoisotopic (exact) mass is 157 g/mol. The van der Waals surface area contributed by atoms with E-state index in [1.165, 1.54) is 0 Å². The van der Waals surface area contributed by atoms with Gasteiger partial charge in [0.2, 0.25) is 0 Å². The van der Waals surface area contributed by atoms with Crippen molar-refractivity contribution in [2.24, 2.45) is 0 Å². The zero-order valence-electron chi connectivity index (χ0n) is 7.56. The van der Waals surface area contributed by atoms with Crippen LogP contribution >= 0.6 is 0 Å². The fourth-order valence-corrected chi connectivity index (χ4v) is 1.79. The number of nitrogens with one attached hydrogen (secondary N) is 1. The number of hydrogen-bond donors (Lipinski definition) is 2. The summed E-state index contributed by atoms with van der Waals surface area (Å²) >= 11 is 0. The molecule has 1 rings (SSSR count). The Morgan fingerprint density at radius 3 is 2.82 bits per heavy atom. The maximum Gasteiger partial charge on any atom is 0.0772 e. The second kappa shape index (κ2) is 3.55. The van der Waals surface area contributed by atoms with Gasteiger partial charge in [-0.3, -0.25) is 0 Å². The predicted octanol–water partition coefficient (Wildman–Crippen LogP) is 1.29. The van der Waals surface area contributed by atoms with Gasteiger partial charge < -0.3 is 10.4 Å². The van der Waals surface area contributed by atoms with Crippen LogP contribution < -0.4 is 5.32 Å². The molecular formula is C9H19NO. The van der Waals surface area contributed by atoms with E-state index in [4.69, 9.17) is 0 Å². The molecule has 0 unspecified atom stereocenters. The van der Waals surface area contributed by atoms with Crippen LogP contribution in [0.4, 0.5) is 0 Å². The number of hydrogen-bond acceptors (Lipinski definition) is 2. The standard InChI is InChI=1S/C9H19NO/c1-3-7-10-8-5-4-6-9(8,2)11/h8,10-11H,3-7H2,1-2H3/t8-,9-/m1/s1. The summed E-state index contributed by atoms with van der Waals surface area (Å²) < 4.78 is 0. The van der Waals surface area contributed by atoms with Gasteiger partial charge in [-0.1, -0.05) is 6.92 Å². The van der Waals surface area contributed by atoms with Gasteiger partial charge in [0.25, 0.3) is 0 Å². The molecule has 2 atom stereocenters. The van der Waals surface area contributed by atoms with Crippen molar-refractivity contribution in [2.45, 2.75) is 51.2 Å². The number of aliphatic hydroxyl groups is 1. The van der Waals surface area contributed by atoms with E-state index in [0.717, 1.165) is 32.2 Å². The SMILES string of the molecule is CCCN[C@@H]1CCC[C@@]1(C)O. The van der Waals surface area contributed by atoms with E-state index in [9.17, 15) is 5.11 Å². The van der Waals surface area contributed by atoms with E-state index in [-0.39, 0.29) is 0 Å². The van der Waals surface area contributed by atoms with Gasteiger partial charge in [-0.2, -0.15) is 0 Å². The highest BCUT2D eigenvalue weighted by molar-refractivity contribution is 4.93. The van der Waals surface area contributed by atoms with Crippen LogP contribution in [0.3, 0.4) is 0 Å². The van der Waals surface area contributed by atoms with Crippen LogP contribution in [0.1, 0.15) is 39.5 Å². The topological polar surface area (TPSA) is 32.3 Å². The highest BCUT2D eigenvalue weighted by atomic mass is 16.3. The first-order valence-electron chi connectivity index (χ1n) is 4.62. The molecule has 1 aliphatic rings. The third-order valence-corrected chi connectivity index (χ3v) is 2.57. The minimum atomic E-state index is -0.449. The lowest BCUT2D eigenvalue weighted by Crippen LogP contribution is -2.44. The fourth-order valence-electron chi connectivity index (χ4n) is 1.79. The van der Waals surface area contributed by atoms with Crippen molar-refractivity contribution in [2.75, 3.05) is 6.54 Å². The van der Waals surface area contributed by atoms with E-state index in [0.29, 0.717) is 6.04 Å². The molecule has 11 heavy (non-hydrogen) atoms. The summed E-state index contributed by atoms with van der Waals surface area (Å²) in [4.78, 5) is 0. The Hall–Kier alpha value is -0.0800. The van der Waals surface area contributed by atoms with Gasteiger partial charge in [0.15, 0.2) is 0 Å². The minimum absolute atomic E-state index is 0.336. The molecule has 1 fully saturated rings. The van der Waals surface area contributed by atoms with Crippen molar-refractivity contribution in [3.05, 3.63) is 0 Å². The molecule has 2 nitrogen and oxygen atoms in total. The summed E-state index contributed by atoms with van der Waals surface area (Å²) in [5, 5.41) is 13.2. The molecule has 66 valence electrons. The normalized spacial score (nSPS) is 37.9. The summed E-state index contributed by atoms with van der Waals surface area (Å²) in [5.74, 6) is 0. The van der Waals surface area contributed by atoms with Gasteiger partial charge in [0.05, 0.1) is 5.60 Å². The molecule has 0 radical (unpaired) electrons. The van der Waals surface area contributed by atoms with Crippen LogP contribution in [0, 0.1) is 0 Å². The Bertz CT molecular complexity index is 123. The minimum Gasteiger partial charge on any atom is -0.389 e. The van der Waals surface area contributed by atoms with E-state index in [1.807, 2.05) is 6.92 Å². The molecule has 1 saturated carbocycles. The van der Waals surface area contributed by atoms with Crippen LogP contribution in [-0.4, -0.2) is 23.3 Å². The number of rotatable bonds is 3. The Balaban J connectivity index is 2.32. The molecule has 0 aromatic carbocycles. The lowest BCUT2D eigenvalue weighted by Gasteiger charge is -2.26. The van der Waals surface area contributed by atoms with Crippen molar-refractivity contribution < 1.29 is 5.11 Å². The van der Waals surface area contributed by atoms with Crippen molar-refractivity contribution in [1.82, 2.24) is 5.32 Å². The van der Waals surface area contributed by atoms with Gasteiger partial charge in [-0.15, -0.1) is 0 Å². The summed E-state index contributed by atoms with van der Waals surface area (Å²) in [5.41, 5.74) is -0.449. The van der Waals surface area contributed by atoms with E-state index >= 15 is 0 Å². The van der Waals surface area contributed by atoms with Gasteiger partial charge in [-0.25, -0.2) is 0 Å². The van der Waals surface area contributed by atoms with Crippen LogP contribution in [0.15, 0.2) is 0 Å². The summed E-state index contributed by atoms with van der Waals surface area (Å²) in [6.45, 7) is 5.12. The summed E-state index contributed by atoms with van der Waals surface area (Å²) in [6.07, 6.45) is 4.39. The van der Waals surface area contributed by atoms with Crippen molar-refractivity contribution in [3.8, 4) is 0 Å². The first-order valence-corrected chi connectivity index (χ1v) is 4.62. The quantitative estimate of drug-likeness (QED) is 0.647. The second-order valence-electron chi connectivity index (χ2n) is 3.76. The highest BCUT2D eigenvalue weighted by Crippen LogP contribution is 2.29. The van der Waals surface area contributed by atoms with Crippen LogP contribution in [0.5, 0.6) is 0 Å². The lowest BCUT2D eigenvalue weighted by atomic mass is 10.0. The molecule has 0 aromatic heterocycles. The predicted molar refractivity (Wildman–Crippen MR) is 46.6 cm³/mol. The zero-order chi connectivity index (χ0) is 8.32. The van der Waals surface area contributed by atoms with Crippen LogP contribution in [0.25, 0.3) is 0 Å². The third kappa shape index (κ3) is 2.17. The lowest BCUT2D eigenvalue weighted by molar-refractivity contribution is 0.0395. The third-order valence-electron chi connectivity index (χ3n) is 2.57. The molecule has 2 N–H and O–H groups in total. The second-order valence-corrected chi connectivity index (χ2v) is 3.76. The highest BCUT2D eigenvalue weighted by Gasteiger charge is 2.35. The van der Waals surface area contributed by atoms with Crippen LogP contribution in [-0.2, 0) is 0 Å². The van der Waals surface area contributed by atoms with Crippen molar-refractivity contribution in [3.63, 3.8) is 0 Å². The average molecular weight is 157 g/mol. The van der Waals surface area contributed by atoms with Gasteiger partial charge >= 0.3 is 0 Å². The fraction of sp³-hybridized carbons (Fsp3) is 1.00. The summed E-state index contributed by atoms with van der Waals surface area (Å²) in [7, 11) is 0. The van der Waals surface area contributed by atoms with Gasteiger partial charge in [-0.05, 0) is 39.2 Å². The average Bonchev–Trinajstić information content (AvgIpc) is 2.25. The Morgan fingerprint density at radius 2 is 2.36 bits per heavy atom. The molecule has 0 bridgehead atoms. The Kier molecular flexibility index (Phi) is 2.90. The zero-order valence-corrected chi connectivity index (χ0v) is 7.56. The maximum absolute atomic E-state index is 9.82. The first-order chi connectivity index (χ1) is 5.17. The summed E-state index contributed by atoms with van der Waals surface area (Å²) in [6, 6.07) is 0.336. The molecule has 0 spiro atoms. The molecule has 0 heterocycles. The van der Waals surface area contributed by atoms with Gasteiger partial charge in [0, 0.05) is 6.04 Å². The Labute approximate surface area is 69.0 Å². The Morgan fingerprint density at radius 1 is 1.64 bits per heavy atom. The first kappa shape index (κ1) is 9.01. The van der Waals surface area contributed by atoms with E-state index in [2.05, 4.69) is 12.2 Å². The van der Waals surface area contributed by atoms with Crippen molar-refractivity contribution >= 4 is 0 Å². The maximum atomic E-state index is 9.82. The molecule has 0 amide bonds. The molecule has 2 heteroatoms. The molecule has 0 aromatic rings. The van der Waals surface area contributed by atoms with E-state index in [1.54, 1.807) is 0 Å². The molecule has 0 saturated heterocycles. The smallest absolute Gasteiger partial charge is 0.0772 e. The largest absolute Gasteiger partial charge is 0.389 e. The van der Waals surface area contributed by atoms with Crippen molar-refractivity contribution in [1.29, 1.82) is 0 Å². The molecular weight excluding hydrogens is 138 g/mol. The van der Waals surface area contributed by atoms with Crippen LogP contribution in [0.2, 0.25) is 0 Å². The molecule has 1 aliphatic carbocycles. The molecule has 0 aliphatic heterocycles. The van der Waals surface area contributed by atoms with E-state index < -0.39 is 5.60 Å². The van der Waals surface area contributed by atoms with Gasteiger partial charge in [0.1, 0.15) is 0 Å².